The Morgan fingerprint density at radius 3 is 2.85 bits per heavy atom. The molecule has 0 radical (unpaired) electrons. The number of aromatic nitrogens is 1. The van der Waals surface area contributed by atoms with E-state index in [9.17, 15) is 4.79 Å². The third-order valence-corrected chi connectivity index (χ3v) is 6.19. The fraction of sp³-hybridized carbons (Fsp3) is 0.211. The summed E-state index contributed by atoms with van der Waals surface area (Å²) >= 11 is 2.97. The Labute approximate surface area is 158 Å². The van der Waals surface area contributed by atoms with E-state index in [-0.39, 0.29) is 0 Å². The van der Waals surface area contributed by atoms with Crippen molar-refractivity contribution in [1.82, 2.24) is 4.98 Å². The Kier molecular flexibility index (Phi) is 4.90. The van der Waals surface area contributed by atoms with Gasteiger partial charge in [-0.05, 0) is 23.8 Å². The van der Waals surface area contributed by atoms with Crippen molar-refractivity contribution < 1.29 is 14.6 Å². The predicted molar refractivity (Wildman–Crippen MR) is 106 cm³/mol. The van der Waals surface area contributed by atoms with Gasteiger partial charge in [-0.3, -0.25) is 4.99 Å². The van der Waals surface area contributed by atoms with Crippen LogP contribution in [0.1, 0.15) is 10.6 Å². The molecule has 1 atom stereocenters. The predicted octanol–water partition coefficient (Wildman–Crippen LogP) is 3.86. The van der Waals surface area contributed by atoms with Gasteiger partial charge in [0.2, 0.25) is 0 Å². The zero-order chi connectivity index (χ0) is 17.9. The second-order valence-electron chi connectivity index (χ2n) is 5.83. The summed E-state index contributed by atoms with van der Waals surface area (Å²) in [6.45, 7) is 0.615. The fourth-order valence-corrected chi connectivity index (χ4v) is 4.73. The van der Waals surface area contributed by atoms with E-state index in [0.29, 0.717) is 17.4 Å². The molecule has 2 aromatic carbocycles. The van der Waals surface area contributed by atoms with Crippen LogP contribution in [0.5, 0.6) is 5.75 Å². The molecule has 0 aliphatic carbocycles. The molecule has 0 bridgehead atoms. The van der Waals surface area contributed by atoms with E-state index in [2.05, 4.69) is 22.1 Å². The number of benzene rings is 2. The second-order valence-corrected chi connectivity index (χ2v) is 7.87. The summed E-state index contributed by atoms with van der Waals surface area (Å²) in [6.07, 6.45) is 0.858. The van der Waals surface area contributed by atoms with Crippen molar-refractivity contribution >= 4 is 44.3 Å². The summed E-state index contributed by atoms with van der Waals surface area (Å²) in [6, 6.07) is 15.4. The number of thioether (sulfide) groups is 1. The fourth-order valence-electron chi connectivity index (χ4n) is 2.64. The lowest BCUT2D eigenvalue weighted by Gasteiger charge is -2.06. The van der Waals surface area contributed by atoms with Gasteiger partial charge < -0.3 is 9.84 Å². The van der Waals surface area contributed by atoms with Crippen molar-refractivity contribution in [2.75, 3.05) is 12.4 Å². The summed E-state index contributed by atoms with van der Waals surface area (Å²) in [4.78, 5) is 19.9. The van der Waals surface area contributed by atoms with Crippen LogP contribution in [0.3, 0.4) is 0 Å². The molecule has 0 amide bonds. The summed E-state index contributed by atoms with van der Waals surface area (Å²) in [5.41, 5.74) is 2.13. The van der Waals surface area contributed by atoms with E-state index in [4.69, 9.17) is 9.84 Å². The number of ether oxygens (including phenoxy) is 1. The minimum absolute atomic E-state index is 0.467. The minimum Gasteiger partial charge on any atom is -0.493 e. The largest absolute Gasteiger partial charge is 0.493 e. The molecule has 1 aromatic heterocycles. The average molecular weight is 384 g/mol. The maximum absolute atomic E-state index is 11.0. The number of carboxylic acids is 1. The summed E-state index contributed by atoms with van der Waals surface area (Å²) < 4.78 is 6.88. The van der Waals surface area contributed by atoms with Crippen LogP contribution >= 0.6 is 23.1 Å². The van der Waals surface area contributed by atoms with Crippen LogP contribution < -0.4 is 4.74 Å². The van der Waals surface area contributed by atoms with Crippen LogP contribution in [0.25, 0.3) is 10.2 Å². The highest BCUT2D eigenvalue weighted by atomic mass is 32.2. The van der Waals surface area contributed by atoms with E-state index in [1.54, 1.807) is 0 Å². The van der Waals surface area contributed by atoms with Crippen molar-refractivity contribution in [3.8, 4) is 5.75 Å². The zero-order valence-corrected chi connectivity index (χ0v) is 15.4. The van der Waals surface area contributed by atoms with E-state index >= 15 is 0 Å². The zero-order valence-electron chi connectivity index (χ0n) is 13.8. The number of aliphatic carboxylic acids is 1. The molecule has 1 aliphatic rings. The molecular formula is C19H16N2O3S2. The van der Waals surface area contributed by atoms with Crippen molar-refractivity contribution in [2.45, 2.75) is 12.5 Å². The highest BCUT2D eigenvalue weighted by molar-refractivity contribution is 8.15. The lowest BCUT2D eigenvalue weighted by molar-refractivity contribution is -0.137. The first-order valence-corrected chi connectivity index (χ1v) is 10.0. The molecule has 1 N–H and O–H groups in total. The van der Waals surface area contributed by atoms with Crippen LogP contribution in [0.15, 0.2) is 53.5 Å². The monoisotopic (exact) mass is 384 g/mol. The number of aliphatic imine (C=N–C) groups is 1. The Bertz CT molecular complexity index is 969. The number of rotatable bonds is 6. The van der Waals surface area contributed by atoms with Crippen molar-refractivity contribution in [3.63, 3.8) is 0 Å². The topological polar surface area (TPSA) is 71.8 Å². The number of fused-ring (bicyclic) bond motifs is 1. The molecule has 0 fully saturated rings. The molecule has 2 heterocycles. The van der Waals surface area contributed by atoms with Gasteiger partial charge in [0.1, 0.15) is 15.8 Å². The quantitative estimate of drug-likeness (QED) is 0.699. The second kappa shape index (κ2) is 7.47. The van der Waals surface area contributed by atoms with Gasteiger partial charge in [-0.1, -0.05) is 30.3 Å². The first-order valence-electron chi connectivity index (χ1n) is 8.20. The highest BCUT2D eigenvalue weighted by Gasteiger charge is 2.26. The minimum atomic E-state index is -0.886. The molecule has 3 aromatic rings. The van der Waals surface area contributed by atoms with Gasteiger partial charge >= 0.3 is 5.97 Å². The van der Waals surface area contributed by atoms with Crippen LogP contribution in [0.4, 0.5) is 0 Å². The van der Waals surface area contributed by atoms with Crippen LogP contribution in [-0.4, -0.2) is 39.5 Å². The van der Waals surface area contributed by atoms with E-state index in [0.717, 1.165) is 27.4 Å². The van der Waals surface area contributed by atoms with E-state index in [1.807, 2.05) is 36.4 Å². The maximum Gasteiger partial charge on any atom is 0.329 e. The van der Waals surface area contributed by atoms with Gasteiger partial charge in [0.25, 0.3) is 0 Å². The average Bonchev–Trinajstić information content (AvgIpc) is 3.29. The maximum atomic E-state index is 11.0. The third kappa shape index (κ3) is 3.73. The molecule has 0 spiro atoms. The van der Waals surface area contributed by atoms with Gasteiger partial charge in [0.15, 0.2) is 6.04 Å². The van der Waals surface area contributed by atoms with E-state index in [1.165, 1.54) is 28.7 Å². The van der Waals surface area contributed by atoms with Gasteiger partial charge in [0, 0.05) is 12.2 Å². The number of carbonyl (C=O) groups is 1. The molecule has 0 saturated heterocycles. The number of thiazole rings is 1. The number of hydrogen-bond donors (Lipinski definition) is 1. The Hall–Kier alpha value is -2.38. The first kappa shape index (κ1) is 17.1. The number of nitrogens with zero attached hydrogens (tertiary/aromatic N) is 2. The van der Waals surface area contributed by atoms with E-state index < -0.39 is 12.0 Å². The first-order chi connectivity index (χ1) is 12.7. The Morgan fingerprint density at radius 1 is 1.23 bits per heavy atom. The van der Waals surface area contributed by atoms with Crippen molar-refractivity contribution in [3.05, 3.63) is 59.1 Å². The van der Waals surface area contributed by atoms with Gasteiger partial charge in [-0.25, -0.2) is 9.78 Å². The lowest BCUT2D eigenvalue weighted by atomic mass is 10.2. The molecular weight excluding hydrogens is 368 g/mol. The standard InChI is InChI=1S/C19H16N2O3S2/c22-19(23)15-11-25-17(21-15)18-20-14-7-6-13(10-16(14)26-18)24-9-8-12-4-2-1-3-5-12/h1-7,10,15H,8-9,11H2,(H,22,23). The molecule has 0 saturated carbocycles. The van der Waals surface area contributed by atoms with Crippen LogP contribution in [0, 0.1) is 0 Å². The Morgan fingerprint density at radius 2 is 2.08 bits per heavy atom. The molecule has 1 aliphatic heterocycles. The lowest BCUT2D eigenvalue weighted by Crippen LogP contribution is -2.17. The summed E-state index contributed by atoms with van der Waals surface area (Å²) in [7, 11) is 0. The molecule has 5 nitrogen and oxygen atoms in total. The Balaban J connectivity index is 1.46. The van der Waals surface area contributed by atoms with Crippen LogP contribution in [-0.2, 0) is 11.2 Å². The summed E-state index contributed by atoms with van der Waals surface area (Å²) in [5, 5.41) is 10.6. The van der Waals surface area contributed by atoms with Gasteiger partial charge in [-0.2, -0.15) is 0 Å². The molecule has 26 heavy (non-hydrogen) atoms. The number of carboxylic acid groups (broad SMARTS) is 1. The normalized spacial score (nSPS) is 16.6. The van der Waals surface area contributed by atoms with Gasteiger partial charge in [-0.15, -0.1) is 23.1 Å². The summed E-state index contributed by atoms with van der Waals surface area (Å²) in [5.74, 6) is 0.393. The molecule has 4 rings (SSSR count). The highest BCUT2D eigenvalue weighted by Crippen LogP contribution is 2.31. The molecule has 1 unspecified atom stereocenters. The molecule has 132 valence electrons. The SMILES string of the molecule is O=C(O)C1CSC(c2nc3ccc(OCCc4ccccc4)cc3s2)=N1. The van der Waals surface area contributed by atoms with Gasteiger partial charge in [0.05, 0.1) is 16.8 Å². The van der Waals surface area contributed by atoms with Crippen LogP contribution in [0.2, 0.25) is 0 Å². The number of hydrogen-bond acceptors (Lipinski definition) is 6. The van der Waals surface area contributed by atoms with Crippen molar-refractivity contribution in [1.29, 1.82) is 0 Å². The third-order valence-electron chi connectivity index (χ3n) is 3.98. The smallest absolute Gasteiger partial charge is 0.329 e. The molecule has 7 heteroatoms. The van der Waals surface area contributed by atoms with Crippen molar-refractivity contribution in [2.24, 2.45) is 4.99 Å².